The molecule has 0 bridgehead atoms. The Morgan fingerprint density at radius 3 is 2.62 bits per heavy atom. The number of rotatable bonds is 2. The van der Waals surface area contributed by atoms with Gasteiger partial charge in [0.2, 0.25) is 5.91 Å². The summed E-state index contributed by atoms with van der Waals surface area (Å²) >= 11 is 0. The number of hydrogen-bond acceptors (Lipinski definition) is 2. The fourth-order valence-electron chi connectivity index (χ4n) is 2.61. The highest BCUT2D eigenvalue weighted by Crippen LogP contribution is 2.40. The first kappa shape index (κ1) is 15.6. The van der Waals surface area contributed by atoms with Gasteiger partial charge in [0.1, 0.15) is 5.82 Å². The Morgan fingerprint density at radius 1 is 1.29 bits per heavy atom. The Morgan fingerprint density at radius 2 is 2.00 bits per heavy atom. The van der Waals surface area contributed by atoms with Crippen LogP contribution in [0.4, 0.5) is 28.9 Å². The standard InChI is InChI=1S/C14H16F4N2O/c15-10-4-5-12(11(19)7-10)20-13(21)8-2-1-3-9(6-8)14(16,17)18/h4-5,7-9H,1-3,6,19H2,(H,20,21). The predicted molar refractivity (Wildman–Crippen MR) is 70.9 cm³/mol. The number of hydrogen-bond donors (Lipinski definition) is 2. The molecule has 2 unspecified atom stereocenters. The highest BCUT2D eigenvalue weighted by molar-refractivity contribution is 5.95. The van der Waals surface area contributed by atoms with E-state index in [0.717, 1.165) is 12.1 Å². The zero-order chi connectivity index (χ0) is 15.6. The van der Waals surface area contributed by atoms with Crippen LogP contribution in [0.2, 0.25) is 0 Å². The minimum absolute atomic E-state index is 0.0477. The van der Waals surface area contributed by atoms with Gasteiger partial charge in [-0.2, -0.15) is 13.2 Å². The monoisotopic (exact) mass is 304 g/mol. The number of benzene rings is 1. The van der Waals surface area contributed by atoms with Crippen molar-refractivity contribution in [1.82, 2.24) is 0 Å². The van der Waals surface area contributed by atoms with Crippen LogP contribution < -0.4 is 11.1 Å². The first-order chi connectivity index (χ1) is 9.77. The maximum Gasteiger partial charge on any atom is 0.391 e. The molecule has 0 aliphatic heterocycles. The molecule has 1 aromatic rings. The van der Waals surface area contributed by atoms with Crippen LogP contribution in [0, 0.1) is 17.7 Å². The van der Waals surface area contributed by atoms with Crippen molar-refractivity contribution < 1.29 is 22.4 Å². The van der Waals surface area contributed by atoms with Gasteiger partial charge in [-0.15, -0.1) is 0 Å². The summed E-state index contributed by atoms with van der Waals surface area (Å²) in [6.45, 7) is 0. The normalized spacial score (nSPS) is 22.9. The van der Waals surface area contributed by atoms with E-state index in [1.54, 1.807) is 0 Å². The average molecular weight is 304 g/mol. The van der Waals surface area contributed by atoms with Crippen LogP contribution in [-0.4, -0.2) is 12.1 Å². The quantitative estimate of drug-likeness (QED) is 0.646. The lowest BCUT2D eigenvalue weighted by molar-refractivity contribution is -0.185. The van der Waals surface area contributed by atoms with Crippen molar-refractivity contribution in [3.63, 3.8) is 0 Å². The number of amides is 1. The molecular weight excluding hydrogens is 288 g/mol. The van der Waals surface area contributed by atoms with E-state index in [1.807, 2.05) is 0 Å². The van der Waals surface area contributed by atoms with Gasteiger partial charge in [0.15, 0.2) is 0 Å². The zero-order valence-electron chi connectivity index (χ0n) is 11.2. The number of anilines is 2. The summed E-state index contributed by atoms with van der Waals surface area (Å²) in [5.74, 6) is -3.18. The number of carbonyl (C=O) groups excluding carboxylic acids is 1. The lowest BCUT2D eigenvalue weighted by Gasteiger charge is -2.29. The van der Waals surface area contributed by atoms with Gasteiger partial charge in [-0.1, -0.05) is 6.42 Å². The molecule has 0 aromatic heterocycles. The predicted octanol–water partition coefficient (Wildman–Crippen LogP) is 3.72. The van der Waals surface area contributed by atoms with Gasteiger partial charge in [-0.3, -0.25) is 4.79 Å². The molecule has 7 heteroatoms. The van der Waals surface area contributed by atoms with E-state index in [-0.39, 0.29) is 24.2 Å². The third kappa shape index (κ3) is 3.86. The molecule has 3 N–H and O–H groups in total. The Labute approximate surface area is 119 Å². The topological polar surface area (TPSA) is 55.1 Å². The van der Waals surface area contributed by atoms with Crippen LogP contribution in [0.5, 0.6) is 0 Å². The summed E-state index contributed by atoms with van der Waals surface area (Å²) in [7, 11) is 0. The number of nitrogens with one attached hydrogen (secondary N) is 1. The fourth-order valence-corrected chi connectivity index (χ4v) is 2.61. The van der Waals surface area contributed by atoms with E-state index in [4.69, 9.17) is 5.73 Å². The van der Waals surface area contributed by atoms with Gasteiger partial charge in [-0.25, -0.2) is 4.39 Å². The van der Waals surface area contributed by atoms with Crippen LogP contribution in [0.1, 0.15) is 25.7 Å². The second kappa shape index (κ2) is 5.91. The van der Waals surface area contributed by atoms with Crippen molar-refractivity contribution in [2.24, 2.45) is 11.8 Å². The number of nitrogens with two attached hydrogens (primary N) is 1. The van der Waals surface area contributed by atoms with Crippen LogP contribution in [0.3, 0.4) is 0 Å². The number of alkyl halides is 3. The van der Waals surface area contributed by atoms with E-state index < -0.39 is 29.7 Å². The second-order valence-electron chi connectivity index (χ2n) is 5.32. The molecule has 116 valence electrons. The van der Waals surface area contributed by atoms with Crippen LogP contribution in [-0.2, 0) is 4.79 Å². The Bertz CT molecular complexity index is 530. The van der Waals surface area contributed by atoms with Crippen LogP contribution >= 0.6 is 0 Å². The molecule has 0 radical (unpaired) electrons. The number of carbonyl (C=O) groups is 1. The van der Waals surface area contributed by atoms with E-state index in [1.165, 1.54) is 6.07 Å². The van der Waals surface area contributed by atoms with E-state index in [9.17, 15) is 22.4 Å². The van der Waals surface area contributed by atoms with Gasteiger partial charge in [0.05, 0.1) is 17.3 Å². The maximum atomic E-state index is 12.9. The summed E-state index contributed by atoms with van der Waals surface area (Å²) in [5, 5.41) is 2.48. The van der Waals surface area contributed by atoms with Gasteiger partial charge >= 0.3 is 6.18 Å². The minimum atomic E-state index is -4.27. The smallest absolute Gasteiger partial charge is 0.391 e. The van der Waals surface area contributed by atoms with Crippen LogP contribution in [0.25, 0.3) is 0 Å². The third-order valence-electron chi connectivity index (χ3n) is 3.78. The summed E-state index contributed by atoms with van der Waals surface area (Å²) in [6, 6.07) is 3.48. The highest BCUT2D eigenvalue weighted by atomic mass is 19.4. The molecule has 1 saturated carbocycles. The van der Waals surface area contributed by atoms with E-state index in [0.29, 0.717) is 12.8 Å². The SMILES string of the molecule is Nc1cc(F)ccc1NC(=O)C1CCCC(C(F)(F)F)C1. The van der Waals surface area contributed by atoms with Crippen molar-refractivity contribution in [3.05, 3.63) is 24.0 Å². The summed E-state index contributed by atoms with van der Waals surface area (Å²) in [4.78, 5) is 12.0. The zero-order valence-corrected chi connectivity index (χ0v) is 11.2. The highest BCUT2D eigenvalue weighted by Gasteiger charge is 2.43. The molecule has 1 aliphatic carbocycles. The average Bonchev–Trinajstić information content (AvgIpc) is 2.41. The fraction of sp³-hybridized carbons (Fsp3) is 0.500. The molecule has 2 rings (SSSR count). The molecule has 0 saturated heterocycles. The number of nitrogen functional groups attached to an aromatic ring is 1. The van der Waals surface area contributed by atoms with Crippen molar-refractivity contribution >= 4 is 17.3 Å². The molecule has 21 heavy (non-hydrogen) atoms. The molecule has 3 nitrogen and oxygen atoms in total. The summed E-state index contributed by atoms with van der Waals surface area (Å²) < 4.78 is 51.1. The minimum Gasteiger partial charge on any atom is -0.397 e. The van der Waals surface area contributed by atoms with Gasteiger partial charge in [0.25, 0.3) is 0 Å². The van der Waals surface area contributed by atoms with Crippen molar-refractivity contribution in [3.8, 4) is 0 Å². The lowest BCUT2D eigenvalue weighted by atomic mass is 9.80. The van der Waals surface area contributed by atoms with Crippen molar-refractivity contribution in [1.29, 1.82) is 0 Å². The molecule has 1 fully saturated rings. The first-order valence-electron chi connectivity index (χ1n) is 6.70. The molecule has 2 atom stereocenters. The number of halogens is 4. The Kier molecular flexibility index (Phi) is 4.39. The largest absolute Gasteiger partial charge is 0.397 e. The van der Waals surface area contributed by atoms with Crippen molar-refractivity contribution in [2.75, 3.05) is 11.1 Å². The van der Waals surface area contributed by atoms with Gasteiger partial charge in [-0.05, 0) is 37.5 Å². The molecule has 0 heterocycles. The third-order valence-corrected chi connectivity index (χ3v) is 3.78. The van der Waals surface area contributed by atoms with Crippen molar-refractivity contribution in [2.45, 2.75) is 31.9 Å². The maximum absolute atomic E-state index is 12.9. The molecule has 1 aliphatic rings. The Balaban J connectivity index is 2.03. The lowest BCUT2D eigenvalue weighted by Crippen LogP contribution is -2.34. The second-order valence-corrected chi connectivity index (χ2v) is 5.32. The van der Waals surface area contributed by atoms with E-state index in [2.05, 4.69) is 5.32 Å². The first-order valence-corrected chi connectivity index (χ1v) is 6.70. The molecule has 1 amide bonds. The molecule has 0 spiro atoms. The van der Waals surface area contributed by atoms with E-state index >= 15 is 0 Å². The van der Waals surface area contributed by atoms with Crippen LogP contribution in [0.15, 0.2) is 18.2 Å². The summed E-state index contributed by atoms with van der Waals surface area (Å²) in [6.07, 6.45) is -3.64. The van der Waals surface area contributed by atoms with Gasteiger partial charge in [0, 0.05) is 5.92 Å². The molecular formula is C14H16F4N2O. The van der Waals surface area contributed by atoms with Gasteiger partial charge < -0.3 is 11.1 Å². The Hall–Kier alpha value is -1.79. The summed E-state index contributed by atoms with van der Waals surface area (Å²) in [5.41, 5.74) is 5.83. The molecule has 1 aromatic carbocycles.